The van der Waals surface area contributed by atoms with Gasteiger partial charge in [0.25, 0.3) is 0 Å². The van der Waals surface area contributed by atoms with E-state index in [-0.39, 0.29) is 12.1 Å². The van der Waals surface area contributed by atoms with Crippen LogP contribution in [0, 0.1) is 23.2 Å². The minimum absolute atomic E-state index is 0.0441. The molecule has 4 aliphatic rings. The van der Waals surface area contributed by atoms with Gasteiger partial charge in [-0.2, -0.15) is 5.26 Å². The Hall–Kier alpha value is -4.55. The number of aromatic nitrogens is 2. The molecule has 42 heavy (non-hydrogen) atoms. The summed E-state index contributed by atoms with van der Waals surface area (Å²) in [5.74, 6) is 0.766. The molecule has 4 aliphatic carbocycles. The van der Waals surface area contributed by atoms with Gasteiger partial charge in [-0.05, 0) is 73.0 Å². The average molecular weight is 546 g/mol. The topological polar surface area (TPSA) is 33.6 Å². The van der Waals surface area contributed by atoms with Crippen LogP contribution in [0.15, 0.2) is 96.6 Å². The molecule has 4 atom stereocenters. The molecule has 2 aromatic carbocycles. The number of para-hydroxylation sites is 2. The first-order valence-corrected chi connectivity index (χ1v) is 15.4. The van der Waals surface area contributed by atoms with Crippen molar-refractivity contribution >= 4 is 39.5 Å². The molecule has 8 rings (SSSR count). The molecule has 0 fully saturated rings. The zero-order chi connectivity index (χ0) is 28.4. The van der Waals surface area contributed by atoms with Crippen LogP contribution < -0.4 is 0 Å². The Labute approximate surface area is 247 Å². The SMILES string of the molecule is CC1Cc2c(c3ccccc3n2C2CC=CC=C2C#N)C=C1c1cccc2c3c(n(C4C=CC=CC4C)c12)C=CCC3. The van der Waals surface area contributed by atoms with Crippen molar-refractivity contribution in [1.29, 1.82) is 5.26 Å². The number of allylic oxidation sites excluding steroid dienone is 10. The van der Waals surface area contributed by atoms with Gasteiger partial charge in [0.1, 0.15) is 0 Å². The van der Waals surface area contributed by atoms with Crippen molar-refractivity contribution in [2.45, 2.75) is 51.6 Å². The van der Waals surface area contributed by atoms with Gasteiger partial charge in [-0.1, -0.05) is 92.8 Å². The predicted octanol–water partition coefficient (Wildman–Crippen LogP) is 9.54. The van der Waals surface area contributed by atoms with E-state index in [1.807, 2.05) is 12.2 Å². The molecule has 0 saturated heterocycles. The van der Waals surface area contributed by atoms with E-state index in [2.05, 4.69) is 120 Å². The van der Waals surface area contributed by atoms with Crippen molar-refractivity contribution in [3.8, 4) is 6.07 Å². The van der Waals surface area contributed by atoms with Crippen LogP contribution in [0.25, 0.3) is 39.5 Å². The molecule has 0 aliphatic heterocycles. The third kappa shape index (κ3) is 3.64. The zero-order valence-electron chi connectivity index (χ0n) is 24.3. The lowest BCUT2D eigenvalue weighted by Gasteiger charge is -2.29. The standard InChI is InChI=1S/C39H35N3/c1-25-12-3-7-18-34(25)42-37-21-10-5-14-28(37)30-16-11-17-31(39(30)42)32-23-33-29-15-6-9-20-36(29)41(38(33)22-26(32)2)35-19-8-4-13-27(35)24-40/h3-4,6-13,15-18,20-21,23,25-26,34-35H,5,14,19,22H2,1-2H3. The maximum absolute atomic E-state index is 10.0. The Morgan fingerprint density at radius 1 is 0.905 bits per heavy atom. The first kappa shape index (κ1) is 25.2. The van der Waals surface area contributed by atoms with E-state index in [9.17, 15) is 5.26 Å². The fraction of sp³-hybridized carbons (Fsp3) is 0.256. The summed E-state index contributed by atoms with van der Waals surface area (Å²) in [5, 5.41) is 12.7. The van der Waals surface area contributed by atoms with Crippen molar-refractivity contribution in [3.05, 3.63) is 125 Å². The van der Waals surface area contributed by atoms with Crippen LogP contribution >= 0.6 is 0 Å². The number of nitriles is 1. The first-order valence-electron chi connectivity index (χ1n) is 15.4. The third-order valence-corrected chi connectivity index (χ3v) is 9.95. The van der Waals surface area contributed by atoms with E-state index >= 15 is 0 Å². The van der Waals surface area contributed by atoms with E-state index in [0.29, 0.717) is 11.8 Å². The second-order valence-corrected chi connectivity index (χ2v) is 12.4. The van der Waals surface area contributed by atoms with Gasteiger partial charge in [-0.15, -0.1) is 0 Å². The van der Waals surface area contributed by atoms with Crippen molar-refractivity contribution in [3.63, 3.8) is 0 Å². The Morgan fingerprint density at radius 3 is 2.64 bits per heavy atom. The molecule has 0 bridgehead atoms. The van der Waals surface area contributed by atoms with E-state index in [1.54, 1.807) is 0 Å². The summed E-state index contributed by atoms with van der Waals surface area (Å²) >= 11 is 0. The number of fused-ring (bicyclic) bond motifs is 6. The Bertz CT molecular complexity index is 1990. The van der Waals surface area contributed by atoms with E-state index < -0.39 is 0 Å². The van der Waals surface area contributed by atoms with Gasteiger partial charge in [0, 0.05) is 38.8 Å². The molecule has 3 heteroatoms. The van der Waals surface area contributed by atoms with Gasteiger partial charge in [-0.3, -0.25) is 0 Å². The lowest BCUT2D eigenvalue weighted by atomic mass is 9.82. The molecule has 2 aromatic heterocycles. The smallest absolute Gasteiger partial charge is 0.0969 e. The molecule has 0 spiro atoms. The van der Waals surface area contributed by atoms with Crippen molar-refractivity contribution < 1.29 is 0 Å². The van der Waals surface area contributed by atoms with E-state index in [4.69, 9.17) is 0 Å². The number of benzene rings is 2. The van der Waals surface area contributed by atoms with Crippen molar-refractivity contribution in [1.82, 2.24) is 9.13 Å². The number of rotatable bonds is 3. The largest absolute Gasteiger partial charge is 0.335 e. The summed E-state index contributed by atoms with van der Waals surface area (Å²) in [4.78, 5) is 0. The molecular weight excluding hydrogens is 510 g/mol. The zero-order valence-corrected chi connectivity index (χ0v) is 24.3. The second kappa shape index (κ2) is 9.78. The number of aryl methyl sites for hydroxylation is 1. The summed E-state index contributed by atoms with van der Waals surface area (Å²) in [6.45, 7) is 4.72. The Morgan fingerprint density at radius 2 is 1.76 bits per heavy atom. The quantitative estimate of drug-likeness (QED) is 0.252. The van der Waals surface area contributed by atoms with Gasteiger partial charge in [0.2, 0.25) is 0 Å². The Balaban J connectivity index is 1.38. The van der Waals surface area contributed by atoms with Crippen LogP contribution in [0.5, 0.6) is 0 Å². The minimum Gasteiger partial charge on any atom is -0.335 e. The van der Waals surface area contributed by atoms with Gasteiger partial charge in [0.15, 0.2) is 0 Å². The molecule has 0 saturated carbocycles. The summed E-state index contributed by atoms with van der Waals surface area (Å²) in [5.41, 5.74) is 11.8. The molecule has 2 heterocycles. The van der Waals surface area contributed by atoms with Crippen LogP contribution in [0.2, 0.25) is 0 Å². The highest BCUT2D eigenvalue weighted by Crippen LogP contribution is 2.46. The highest BCUT2D eigenvalue weighted by atomic mass is 15.0. The fourth-order valence-electron chi connectivity index (χ4n) is 7.97. The van der Waals surface area contributed by atoms with E-state index in [1.165, 1.54) is 55.5 Å². The van der Waals surface area contributed by atoms with E-state index in [0.717, 1.165) is 31.3 Å². The number of nitrogens with zero attached hydrogens (tertiary/aromatic N) is 3. The summed E-state index contributed by atoms with van der Waals surface area (Å²) in [7, 11) is 0. The third-order valence-electron chi connectivity index (χ3n) is 9.95. The van der Waals surface area contributed by atoms with Gasteiger partial charge >= 0.3 is 0 Å². The van der Waals surface area contributed by atoms with Gasteiger partial charge in [0.05, 0.1) is 29.2 Å². The van der Waals surface area contributed by atoms with Crippen LogP contribution in [0.3, 0.4) is 0 Å². The summed E-state index contributed by atoms with van der Waals surface area (Å²) < 4.78 is 5.12. The van der Waals surface area contributed by atoms with Gasteiger partial charge in [-0.25, -0.2) is 0 Å². The highest BCUT2D eigenvalue weighted by Gasteiger charge is 2.32. The maximum Gasteiger partial charge on any atom is 0.0969 e. The lowest BCUT2D eigenvalue weighted by molar-refractivity contribution is 0.494. The minimum atomic E-state index is 0.0441. The first-order chi connectivity index (χ1) is 20.7. The maximum atomic E-state index is 10.0. The molecule has 4 aromatic rings. The van der Waals surface area contributed by atoms with Crippen LogP contribution in [-0.2, 0) is 12.8 Å². The van der Waals surface area contributed by atoms with Crippen LogP contribution in [0.4, 0.5) is 0 Å². The lowest BCUT2D eigenvalue weighted by Crippen LogP contribution is -2.20. The number of hydrogen-bond acceptors (Lipinski definition) is 1. The molecule has 0 amide bonds. The van der Waals surface area contributed by atoms with Crippen molar-refractivity contribution in [2.75, 3.05) is 0 Å². The summed E-state index contributed by atoms with van der Waals surface area (Å²) in [6, 6.07) is 18.6. The summed E-state index contributed by atoms with van der Waals surface area (Å²) in [6.07, 6.45) is 26.5. The molecule has 0 radical (unpaired) electrons. The van der Waals surface area contributed by atoms with Crippen LogP contribution in [-0.4, -0.2) is 9.13 Å². The normalized spacial score (nSPS) is 24.4. The van der Waals surface area contributed by atoms with Gasteiger partial charge < -0.3 is 9.13 Å². The molecule has 4 unspecified atom stereocenters. The Kier molecular flexibility index (Phi) is 5.86. The average Bonchev–Trinajstić information content (AvgIpc) is 3.53. The highest BCUT2D eigenvalue weighted by molar-refractivity contribution is 6.04. The predicted molar refractivity (Wildman–Crippen MR) is 175 cm³/mol. The molecule has 3 nitrogen and oxygen atoms in total. The van der Waals surface area contributed by atoms with Crippen molar-refractivity contribution in [2.24, 2.45) is 11.8 Å². The fourth-order valence-corrected chi connectivity index (χ4v) is 7.97. The second-order valence-electron chi connectivity index (χ2n) is 12.4. The number of hydrogen-bond donors (Lipinski definition) is 0. The molecule has 206 valence electrons. The molecule has 0 N–H and O–H groups in total. The molecular formula is C39H35N3. The van der Waals surface area contributed by atoms with Crippen LogP contribution in [0.1, 0.15) is 66.9 Å². The monoisotopic (exact) mass is 545 g/mol.